The molecule has 0 atom stereocenters. The van der Waals surface area contributed by atoms with Crippen LogP contribution >= 0.6 is 0 Å². The summed E-state index contributed by atoms with van der Waals surface area (Å²) in [4.78, 5) is 7.78. The second kappa shape index (κ2) is 20.1. The monoisotopic (exact) mass is 1320 g/mol. The van der Waals surface area contributed by atoms with Gasteiger partial charge in [0.05, 0.1) is 49.6 Å². The Morgan fingerprint density at radius 1 is 0.272 bits per heavy atom. The molecule has 0 saturated carbocycles. The topological polar surface area (TPSA) is 76.4 Å². The quantitative estimate of drug-likeness (QED) is 0.161. The normalized spacial score (nSPS) is 13.9. The van der Waals surface area contributed by atoms with Gasteiger partial charge >= 0.3 is 0 Å². The van der Waals surface area contributed by atoms with Gasteiger partial charge < -0.3 is 41.7 Å². The first kappa shape index (κ1) is 57.2. The lowest BCUT2D eigenvalue weighted by Gasteiger charge is -2.47. The zero-order valence-corrected chi connectivity index (χ0v) is 57.4. The maximum atomic E-state index is 7.70. The van der Waals surface area contributed by atoms with Gasteiger partial charge in [-0.3, -0.25) is 0 Å². The molecule has 14 aromatic carbocycles. The molecule has 9 heterocycles. The summed E-state index contributed by atoms with van der Waals surface area (Å²) in [5.41, 5.74) is 28.1. The number of ether oxygens (including phenoxy) is 1. The van der Waals surface area contributed by atoms with Crippen molar-refractivity contribution >= 4 is 207 Å². The Morgan fingerprint density at radius 2 is 0.650 bits per heavy atom. The van der Waals surface area contributed by atoms with Crippen LogP contribution in [0, 0.1) is 0 Å². The summed E-state index contributed by atoms with van der Waals surface area (Å²) < 4.78 is 37.7. The van der Waals surface area contributed by atoms with Crippen molar-refractivity contribution in [1.29, 1.82) is 0 Å². The highest BCUT2D eigenvalue weighted by molar-refractivity contribution is 7.03. The van der Waals surface area contributed by atoms with E-state index in [1.807, 2.05) is 6.07 Å². The molecule has 0 bridgehead atoms. The van der Waals surface area contributed by atoms with E-state index in [1.165, 1.54) is 32.7 Å². The van der Waals surface area contributed by atoms with E-state index in [4.69, 9.17) is 22.4 Å². The van der Waals surface area contributed by atoms with Gasteiger partial charge in [-0.15, -0.1) is 0 Å². The van der Waals surface area contributed by atoms with Crippen LogP contribution in [0.15, 0.2) is 285 Å². The van der Waals surface area contributed by atoms with Gasteiger partial charge in [-0.05, 0) is 176 Å². The van der Waals surface area contributed by atoms with Gasteiger partial charge in [0.15, 0.2) is 0 Å². The van der Waals surface area contributed by atoms with Crippen LogP contribution in [-0.2, 0) is 10.8 Å². The summed E-state index contributed by atoms with van der Waals surface area (Å²) in [7, 11) is 0. The Kier molecular flexibility index (Phi) is 11.2. The van der Waals surface area contributed by atoms with E-state index < -0.39 is 0 Å². The number of anilines is 9. The lowest BCUT2D eigenvalue weighted by atomic mass is 9.30. The minimum atomic E-state index is -0.334. The van der Waals surface area contributed by atoms with Crippen molar-refractivity contribution in [3.63, 3.8) is 0 Å². The number of furan rings is 4. The number of para-hydroxylation sites is 6. The molecule has 0 radical (unpaired) electrons. The molecule has 0 spiro atoms. The summed E-state index contributed by atoms with van der Waals surface area (Å²) in [6.45, 7) is 13.3. The van der Waals surface area contributed by atoms with Crippen LogP contribution in [0.25, 0.3) is 115 Å². The molecule has 9 nitrogen and oxygen atoms in total. The average molecular weight is 1330 g/mol. The van der Waals surface area contributed by atoms with Crippen LogP contribution in [0.4, 0.5) is 51.2 Å². The first-order valence-corrected chi connectivity index (χ1v) is 35.8. The van der Waals surface area contributed by atoms with Crippen LogP contribution in [-0.4, -0.2) is 18.0 Å². The van der Waals surface area contributed by atoms with Gasteiger partial charge in [-0.1, -0.05) is 187 Å². The summed E-state index contributed by atoms with van der Waals surface area (Å²) in [5.74, 6) is 1.65. The largest absolute Gasteiger partial charge is 0.458 e. The molecule has 0 N–H and O–H groups in total. The minimum absolute atomic E-state index is 0.288. The molecule has 4 aliphatic rings. The third-order valence-corrected chi connectivity index (χ3v) is 22.9. The van der Waals surface area contributed by atoms with E-state index in [0.29, 0.717) is 0 Å². The number of benzene rings is 14. The second-order valence-corrected chi connectivity index (χ2v) is 30.6. The summed E-state index contributed by atoms with van der Waals surface area (Å²) in [6.07, 6.45) is 0. The first-order chi connectivity index (χ1) is 50.4. The molecule has 103 heavy (non-hydrogen) atoms. The number of hydrogen-bond acceptors (Lipinski definition) is 8. The summed E-state index contributed by atoms with van der Waals surface area (Å²) >= 11 is 0. The SMILES string of the molecule is CC(C)(C)c1cc2c3c(c1)N(c1cccc4oc5ccccc5c14)c1cc4c(cc1B3c1ccc3oc5ccccc5c3c1O2)B1c2ccc(-n3c5ccccc5c5ccccc53)cc2N(c2cccc3oc5ccccc5c23)c2cc(C(C)(C)C)cc(c21)N4c1cccc2oc3ccccc3c12. The molecule has 0 unspecified atom stereocenters. The molecular formula is C92H62B2N4O5. The lowest BCUT2D eigenvalue weighted by Crippen LogP contribution is -2.64. The molecule has 0 saturated heterocycles. The fourth-order valence-corrected chi connectivity index (χ4v) is 18.3. The third-order valence-electron chi connectivity index (χ3n) is 22.9. The average Bonchev–Trinajstić information content (AvgIpc) is 1.00. The number of fused-ring (bicyclic) bond motifs is 24. The van der Waals surface area contributed by atoms with Crippen LogP contribution in [0.2, 0.25) is 0 Å². The molecule has 0 amide bonds. The Balaban J connectivity index is 0.899. The highest BCUT2D eigenvalue weighted by atomic mass is 16.5. The Morgan fingerprint density at radius 3 is 1.13 bits per heavy atom. The third kappa shape index (κ3) is 7.72. The fourth-order valence-electron chi connectivity index (χ4n) is 18.3. The fraction of sp³-hybridized carbons (Fsp3) is 0.0870. The van der Waals surface area contributed by atoms with Gasteiger partial charge in [-0.2, -0.15) is 0 Å². The Bertz CT molecular complexity index is 6960. The van der Waals surface area contributed by atoms with E-state index in [2.05, 4.69) is 322 Å². The van der Waals surface area contributed by atoms with E-state index >= 15 is 0 Å². The Hall–Kier alpha value is -12.6. The van der Waals surface area contributed by atoms with Crippen molar-refractivity contribution in [3.05, 3.63) is 278 Å². The predicted octanol–water partition coefficient (Wildman–Crippen LogP) is 21.5. The highest BCUT2D eigenvalue weighted by Gasteiger charge is 2.50. The predicted molar refractivity (Wildman–Crippen MR) is 427 cm³/mol. The minimum Gasteiger partial charge on any atom is -0.458 e. The van der Waals surface area contributed by atoms with Crippen molar-refractivity contribution in [2.45, 2.75) is 52.4 Å². The van der Waals surface area contributed by atoms with Crippen LogP contribution in [0.5, 0.6) is 11.5 Å². The van der Waals surface area contributed by atoms with Gasteiger partial charge in [-0.25, -0.2) is 0 Å². The van der Waals surface area contributed by atoms with E-state index in [9.17, 15) is 0 Å². The molecule has 19 aromatic rings. The number of nitrogens with zero attached hydrogens (tertiary/aromatic N) is 4. The Labute approximate surface area is 592 Å². The summed E-state index contributed by atoms with van der Waals surface area (Å²) in [5, 5.41) is 10.7. The molecule has 23 rings (SSSR count). The van der Waals surface area contributed by atoms with Gasteiger partial charge in [0.25, 0.3) is 13.4 Å². The number of hydrogen-bond donors (Lipinski definition) is 0. The summed E-state index contributed by atoms with van der Waals surface area (Å²) in [6, 6.07) is 98.1. The van der Waals surface area contributed by atoms with Gasteiger partial charge in [0.2, 0.25) is 0 Å². The molecular weight excluding hydrogens is 1260 g/mol. The molecule has 11 heteroatoms. The van der Waals surface area contributed by atoms with Crippen molar-refractivity contribution in [2.24, 2.45) is 0 Å². The number of aromatic nitrogens is 1. The molecule has 5 aromatic heterocycles. The van der Waals surface area contributed by atoms with Crippen LogP contribution in [0.1, 0.15) is 52.7 Å². The van der Waals surface area contributed by atoms with Crippen molar-refractivity contribution < 1.29 is 22.4 Å². The van der Waals surface area contributed by atoms with Crippen molar-refractivity contribution in [1.82, 2.24) is 4.57 Å². The van der Waals surface area contributed by atoms with Crippen LogP contribution < -0.4 is 52.2 Å². The van der Waals surface area contributed by atoms with E-state index in [0.717, 1.165) is 189 Å². The maximum absolute atomic E-state index is 7.70. The van der Waals surface area contributed by atoms with Gasteiger partial charge in [0.1, 0.15) is 56.2 Å². The highest BCUT2D eigenvalue weighted by Crippen LogP contribution is 2.55. The molecule has 0 fully saturated rings. The second-order valence-electron chi connectivity index (χ2n) is 30.6. The smallest absolute Gasteiger partial charge is 0.256 e. The first-order valence-electron chi connectivity index (χ1n) is 35.8. The van der Waals surface area contributed by atoms with Crippen molar-refractivity contribution in [2.75, 3.05) is 14.7 Å². The van der Waals surface area contributed by atoms with E-state index in [-0.39, 0.29) is 24.3 Å². The molecule has 0 aliphatic carbocycles. The molecule has 4 aliphatic heterocycles. The molecule has 486 valence electrons. The zero-order chi connectivity index (χ0) is 68.2. The van der Waals surface area contributed by atoms with Crippen molar-refractivity contribution in [3.8, 4) is 17.2 Å². The maximum Gasteiger partial charge on any atom is 0.256 e. The van der Waals surface area contributed by atoms with E-state index in [1.54, 1.807) is 0 Å². The standard InChI is InChI=1S/C92H62B2N4O5/c1-91(2,3)51-44-72-88-73(45-51)97(67-31-20-38-80-85(67)57-25-10-16-34-76(57)100-80)70-50-71-63(49-62(70)93(88)60-41-40-53(95-64-28-13-7-22-54(64)55-23-8-14-29-65(55)95)48-69(60)96(72)66-30-19-37-79-84(66)56-24-9-15-33-75(56)99-79)94-61-42-43-82-87(59-27-12-18-36-78(59)102-82)90(61)103-83-47-52(92(4,5)6)46-74(89(83)94)98(71)68-32-21-39-81-86(68)58-26-11-17-35-77(58)101-81/h7-50H,1-6H3. The lowest BCUT2D eigenvalue weighted by molar-refractivity contribution is 0.488. The number of rotatable bonds is 4. The van der Waals surface area contributed by atoms with Gasteiger partial charge in [0, 0.05) is 72.1 Å². The van der Waals surface area contributed by atoms with Crippen LogP contribution in [0.3, 0.4) is 0 Å². The zero-order valence-electron chi connectivity index (χ0n) is 57.4.